The van der Waals surface area contributed by atoms with Crippen LogP contribution in [-0.4, -0.2) is 14.4 Å². The number of aromatic nitrogens is 3. The molecular formula is C26H17N3. The zero-order valence-electron chi connectivity index (χ0n) is 15.7. The summed E-state index contributed by atoms with van der Waals surface area (Å²) < 4.78 is 2.27. The minimum Gasteiger partial charge on any atom is -0.292 e. The minimum absolute atomic E-state index is 0.953. The molecule has 3 heterocycles. The van der Waals surface area contributed by atoms with E-state index in [9.17, 15) is 0 Å². The molecule has 3 nitrogen and oxygen atoms in total. The van der Waals surface area contributed by atoms with E-state index in [1.54, 1.807) is 0 Å². The Morgan fingerprint density at radius 1 is 0.517 bits per heavy atom. The van der Waals surface area contributed by atoms with Gasteiger partial charge in [0.05, 0.1) is 22.9 Å². The highest BCUT2D eigenvalue weighted by molar-refractivity contribution is 6.13. The van der Waals surface area contributed by atoms with Crippen molar-refractivity contribution in [3.63, 3.8) is 0 Å². The third kappa shape index (κ3) is 2.44. The highest BCUT2D eigenvalue weighted by atomic mass is 15.0. The highest BCUT2D eigenvalue weighted by Gasteiger charge is 2.14. The Morgan fingerprint density at radius 2 is 1.17 bits per heavy atom. The zero-order chi connectivity index (χ0) is 19.2. The van der Waals surface area contributed by atoms with Crippen LogP contribution in [0.1, 0.15) is 0 Å². The van der Waals surface area contributed by atoms with Gasteiger partial charge in [-0.1, -0.05) is 72.8 Å². The first-order chi connectivity index (χ1) is 14.4. The van der Waals surface area contributed by atoms with Crippen molar-refractivity contribution in [2.75, 3.05) is 0 Å². The fourth-order valence-electron chi connectivity index (χ4n) is 4.15. The zero-order valence-corrected chi connectivity index (χ0v) is 15.7. The molecule has 0 fully saturated rings. The molecule has 0 aliphatic rings. The maximum Gasteiger partial charge on any atom is 0.145 e. The summed E-state index contributed by atoms with van der Waals surface area (Å²) in [6, 6.07) is 31.5. The average Bonchev–Trinajstić information content (AvgIpc) is 3.26. The van der Waals surface area contributed by atoms with E-state index in [-0.39, 0.29) is 0 Å². The van der Waals surface area contributed by atoms with Crippen LogP contribution in [0.5, 0.6) is 0 Å². The first kappa shape index (κ1) is 16.0. The van der Waals surface area contributed by atoms with Gasteiger partial charge in [-0.05, 0) is 23.6 Å². The van der Waals surface area contributed by atoms with E-state index < -0.39 is 0 Å². The largest absolute Gasteiger partial charge is 0.292 e. The first-order valence-corrected chi connectivity index (χ1v) is 9.69. The first-order valence-electron chi connectivity index (χ1n) is 9.69. The number of nitrogens with zero attached hydrogens (tertiary/aromatic N) is 3. The Morgan fingerprint density at radius 3 is 1.93 bits per heavy atom. The standard InChI is InChI=1S/C26H17N3/c1-2-9-22-20(7-1)21-8-3-4-11-24(21)29-25(22)17-28-26(29)19-14-12-18(13-15-19)23-10-5-6-16-27-23/h1-17H. The van der Waals surface area contributed by atoms with E-state index in [0.29, 0.717) is 0 Å². The van der Waals surface area contributed by atoms with E-state index in [4.69, 9.17) is 4.98 Å². The van der Waals surface area contributed by atoms with Gasteiger partial charge in [0.15, 0.2) is 0 Å². The summed E-state index contributed by atoms with van der Waals surface area (Å²) in [4.78, 5) is 9.26. The Hall–Kier alpha value is -3.98. The van der Waals surface area contributed by atoms with Crippen molar-refractivity contribution in [3.05, 3.63) is 103 Å². The summed E-state index contributed by atoms with van der Waals surface area (Å²) in [5.41, 5.74) is 5.46. The lowest BCUT2D eigenvalue weighted by atomic mass is 10.0. The maximum absolute atomic E-state index is 4.82. The molecule has 6 aromatic rings. The average molecular weight is 371 g/mol. The van der Waals surface area contributed by atoms with Crippen LogP contribution in [0.4, 0.5) is 0 Å². The molecule has 3 aromatic heterocycles. The molecular weight excluding hydrogens is 354 g/mol. The molecule has 0 amide bonds. The number of benzene rings is 3. The summed E-state index contributed by atoms with van der Waals surface area (Å²) >= 11 is 0. The topological polar surface area (TPSA) is 30.2 Å². The molecule has 0 bridgehead atoms. The van der Waals surface area contributed by atoms with Crippen LogP contribution in [0.15, 0.2) is 103 Å². The van der Waals surface area contributed by atoms with Crippen molar-refractivity contribution in [1.82, 2.24) is 14.4 Å². The van der Waals surface area contributed by atoms with Gasteiger partial charge >= 0.3 is 0 Å². The fraction of sp³-hybridized carbons (Fsp3) is 0. The lowest BCUT2D eigenvalue weighted by molar-refractivity contribution is 1.22. The van der Waals surface area contributed by atoms with Gasteiger partial charge in [0.1, 0.15) is 5.82 Å². The third-order valence-electron chi connectivity index (χ3n) is 5.50. The predicted molar refractivity (Wildman–Crippen MR) is 119 cm³/mol. The van der Waals surface area contributed by atoms with Gasteiger partial charge in [0.25, 0.3) is 0 Å². The maximum atomic E-state index is 4.82. The van der Waals surface area contributed by atoms with Gasteiger partial charge in [-0.2, -0.15) is 0 Å². The molecule has 0 unspecified atom stereocenters. The fourth-order valence-corrected chi connectivity index (χ4v) is 4.15. The number of imidazole rings is 1. The van der Waals surface area contributed by atoms with Crippen molar-refractivity contribution in [2.24, 2.45) is 0 Å². The summed E-state index contributed by atoms with van der Waals surface area (Å²) in [7, 11) is 0. The lowest BCUT2D eigenvalue weighted by Gasteiger charge is -2.11. The van der Waals surface area contributed by atoms with E-state index >= 15 is 0 Å². The number of fused-ring (bicyclic) bond motifs is 6. The Kier molecular flexibility index (Phi) is 3.47. The van der Waals surface area contributed by atoms with Crippen LogP contribution >= 0.6 is 0 Å². The molecule has 0 spiro atoms. The van der Waals surface area contributed by atoms with Gasteiger partial charge in [0.2, 0.25) is 0 Å². The number of para-hydroxylation sites is 1. The van der Waals surface area contributed by atoms with Gasteiger partial charge in [0, 0.05) is 28.1 Å². The van der Waals surface area contributed by atoms with Crippen molar-refractivity contribution in [1.29, 1.82) is 0 Å². The van der Waals surface area contributed by atoms with E-state index in [1.807, 2.05) is 30.6 Å². The third-order valence-corrected chi connectivity index (χ3v) is 5.50. The van der Waals surface area contributed by atoms with E-state index in [0.717, 1.165) is 28.2 Å². The summed E-state index contributed by atoms with van der Waals surface area (Å²) in [6.45, 7) is 0. The van der Waals surface area contributed by atoms with Gasteiger partial charge < -0.3 is 0 Å². The lowest BCUT2D eigenvalue weighted by Crippen LogP contribution is -1.94. The molecule has 0 radical (unpaired) electrons. The number of hydrogen-bond acceptors (Lipinski definition) is 2. The Balaban J connectivity index is 1.61. The second-order valence-corrected chi connectivity index (χ2v) is 7.16. The van der Waals surface area contributed by atoms with Gasteiger partial charge in [-0.25, -0.2) is 4.98 Å². The summed E-state index contributed by atoms with van der Waals surface area (Å²) in [5.74, 6) is 0.953. The molecule has 3 heteroatoms. The molecule has 0 aliphatic carbocycles. The molecule has 0 N–H and O–H groups in total. The molecule has 0 saturated carbocycles. The molecule has 29 heavy (non-hydrogen) atoms. The van der Waals surface area contributed by atoms with Crippen LogP contribution < -0.4 is 0 Å². The van der Waals surface area contributed by atoms with Crippen molar-refractivity contribution >= 4 is 27.2 Å². The normalized spacial score (nSPS) is 11.4. The number of hydrogen-bond donors (Lipinski definition) is 0. The quantitative estimate of drug-likeness (QED) is 0.331. The molecule has 0 aliphatic heterocycles. The second kappa shape index (κ2) is 6.28. The molecule has 0 atom stereocenters. The molecule has 3 aromatic carbocycles. The van der Waals surface area contributed by atoms with Gasteiger partial charge in [-0.15, -0.1) is 0 Å². The van der Waals surface area contributed by atoms with Crippen LogP contribution in [0.25, 0.3) is 49.8 Å². The van der Waals surface area contributed by atoms with Crippen LogP contribution in [0, 0.1) is 0 Å². The van der Waals surface area contributed by atoms with Crippen LogP contribution in [0.3, 0.4) is 0 Å². The molecule has 0 saturated heterocycles. The molecule has 136 valence electrons. The Bertz CT molecular complexity index is 1480. The Labute approximate surface area is 167 Å². The SMILES string of the molecule is c1ccc(-c2ccc(-c3ncc4c5ccccc5c5ccccc5n34)cc2)nc1. The summed E-state index contributed by atoms with van der Waals surface area (Å²) in [5, 5.41) is 3.71. The van der Waals surface area contributed by atoms with Crippen molar-refractivity contribution in [3.8, 4) is 22.6 Å². The second-order valence-electron chi connectivity index (χ2n) is 7.16. The predicted octanol–water partition coefficient (Wildman–Crippen LogP) is 6.37. The minimum atomic E-state index is 0.953. The molecule has 6 rings (SSSR count). The highest BCUT2D eigenvalue weighted by Crippen LogP contribution is 2.33. The van der Waals surface area contributed by atoms with Gasteiger partial charge in [-0.3, -0.25) is 9.38 Å². The van der Waals surface area contributed by atoms with Crippen LogP contribution in [-0.2, 0) is 0 Å². The van der Waals surface area contributed by atoms with E-state index in [1.165, 1.54) is 21.7 Å². The number of rotatable bonds is 2. The summed E-state index contributed by atoms with van der Waals surface area (Å²) in [6.07, 6.45) is 3.80. The van der Waals surface area contributed by atoms with Crippen molar-refractivity contribution < 1.29 is 0 Å². The smallest absolute Gasteiger partial charge is 0.145 e. The van der Waals surface area contributed by atoms with Crippen LogP contribution in [0.2, 0.25) is 0 Å². The monoisotopic (exact) mass is 371 g/mol. The van der Waals surface area contributed by atoms with E-state index in [2.05, 4.69) is 82.2 Å². The number of pyridine rings is 2. The van der Waals surface area contributed by atoms with Crippen molar-refractivity contribution in [2.45, 2.75) is 0 Å².